The van der Waals surface area contributed by atoms with E-state index in [1.165, 1.54) is 22.6 Å². The third-order valence-corrected chi connectivity index (χ3v) is 6.57. The molecule has 1 aromatic carbocycles. The first-order valence-electron chi connectivity index (χ1n) is 12.8. The lowest BCUT2D eigenvalue weighted by Gasteiger charge is -2.11. The topological polar surface area (TPSA) is 84.3 Å². The zero-order valence-electron chi connectivity index (χ0n) is 22.1. The summed E-state index contributed by atoms with van der Waals surface area (Å²) in [5.41, 5.74) is 4.19. The number of nitrogens with one attached hydrogen (secondary N) is 2. The van der Waals surface area contributed by atoms with Crippen LogP contribution in [-0.4, -0.2) is 26.2 Å². The predicted octanol–water partition coefficient (Wildman–Crippen LogP) is 6.24. The first-order valence-corrected chi connectivity index (χ1v) is 12.8. The molecule has 7 heteroatoms. The third-order valence-electron chi connectivity index (χ3n) is 6.57. The number of anilines is 1. The van der Waals surface area contributed by atoms with E-state index in [0.717, 1.165) is 29.3 Å². The van der Waals surface area contributed by atoms with Crippen molar-refractivity contribution in [2.75, 3.05) is 11.9 Å². The molecule has 2 heterocycles. The standard InChI is InChI=1S/C24H27N5O2.2C2H6/c1-4-31-20-8-6-5-7-19(20)25-14-18-12-21(30)29-23(26-18)27-22(28-29)16-10-9-15(2)24(3)13-17(24)11-16;2*1-2/h5-9,11-12,17,25H,4,10,13-14H2,1-3H3,(H,26,27,28);2*1-2H3. The summed E-state index contributed by atoms with van der Waals surface area (Å²) in [5.74, 6) is 2.43. The van der Waals surface area contributed by atoms with Crippen LogP contribution in [0.1, 0.15) is 72.8 Å². The molecule has 2 aromatic heterocycles. The Labute approximate surface area is 208 Å². The minimum Gasteiger partial charge on any atom is -0.492 e. The lowest BCUT2D eigenvalue weighted by molar-refractivity contribution is 0.341. The molecule has 3 aromatic rings. The van der Waals surface area contributed by atoms with E-state index in [1.54, 1.807) is 0 Å². The highest BCUT2D eigenvalue weighted by molar-refractivity contribution is 5.65. The molecule has 2 N–H and O–H groups in total. The van der Waals surface area contributed by atoms with Gasteiger partial charge in [0.2, 0.25) is 0 Å². The van der Waals surface area contributed by atoms with Gasteiger partial charge < -0.3 is 10.1 Å². The Morgan fingerprint density at radius 3 is 2.69 bits per heavy atom. The fourth-order valence-corrected chi connectivity index (χ4v) is 4.32. The Kier molecular flexibility index (Phi) is 8.54. The van der Waals surface area contributed by atoms with Gasteiger partial charge in [0, 0.05) is 6.07 Å². The largest absolute Gasteiger partial charge is 0.492 e. The van der Waals surface area contributed by atoms with Crippen LogP contribution < -0.4 is 15.6 Å². The van der Waals surface area contributed by atoms with Crippen molar-refractivity contribution in [3.05, 3.63) is 69.9 Å². The molecule has 7 nitrogen and oxygen atoms in total. The van der Waals surface area contributed by atoms with E-state index in [2.05, 4.69) is 46.4 Å². The molecule has 0 spiro atoms. The van der Waals surface area contributed by atoms with Crippen molar-refractivity contribution >= 4 is 17.0 Å². The van der Waals surface area contributed by atoms with Gasteiger partial charge in [-0.05, 0) is 55.7 Å². The molecule has 2 aliphatic rings. The van der Waals surface area contributed by atoms with Crippen LogP contribution in [0.25, 0.3) is 11.4 Å². The number of fused-ring (bicyclic) bond motifs is 2. The number of aromatic amines is 1. The van der Waals surface area contributed by atoms with Gasteiger partial charge in [0.1, 0.15) is 5.75 Å². The Morgan fingerprint density at radius 1 is 1.20 bits per heavy atom. The van der Waals surface area contributed by atoms with E-state index in [1.807, 2.05) is 58.9 Å². The maximum absolute atomic E-state index is 12.7. The summed E-state index contributed by atoms with van der Waals surface area (Å²) in [6.07, 6.45) is 6.59. The molecule has 5 rings (SSSR count). The molecular weight excluding hydrogens is 438 g/mol. The highest BCUT2D eigenvalue weighted by Crippen LogP contribution is 2.60. The van der Waals surface area contributed by atoms with Crippen molar-refractivity contribution in [3.63, 3.8) is 0 Å². The van der Waals surface area contributed by atoms with Crippen LogP contribution in [0.2, 0.25) is 0 Å². The second-order valence-electron chi connectivity index (χ2n) is 8.59. The normalized spacial score (nSPS) is 20.1. The monoisotopic (exact) mass is 477 g/mol. The molecule has 0 saturated heterocycles. The maximum Gasteiger partial charge on any atom is 0.274 e. The fraction of sp³-hybridized carbons (Fsp3) is 0.464. The highest BCUT2D eigenvalue weighted by atomic mass is 16.5. The zero-order valence-corrected chi connectivity index (χ0v) is 22.1. The van der Waals surface area contributed by atoms with E-state index >= 15 is 0 Å². The maximum atomic E-state index is 12.7. The molecule has 35 heavy (non-hydrogen) atoms. The SMILES string of the molecule is CC.CC.CCOc1ccccc1NCc1cc(=O)n2[nH]c(C3=CC4CC4(C)C(C)=CC3)nc2n1. The van der Waals surface area contributed by atoms with Gasteiger partial charge >= 0.3 is 0 Å². The summed E-state index contributed by atoms with van der Waals surface area (Å²) in [6.45, 7) is 15.5. The fourth-order valence-electron chi connectivity index (χ4n) is 4.32. The first-order chi connectivity index (χ1) is 17.0. The average Bonchev–Trinajstić information content (AvgIpc) is 3.37. The minimum absolute atomic E-state index is 0.171. The van der Waals surface area contributed by atoms with Gasteiger partial charge in [0.15, 0.2) is 5.82 Å². The van der Waals surface area contributed by atoms with Crippen molar-refractivity contribution < 1.29 is 4.74 Å². The second kappa shape index (κ2) is 11.4. The molecule has 0 amide bonds. The van der Waals surface area contributed by atoms with Crippen LogP contribution in [0.4, 0.5) is 5.69 Å². The van der Waals surface area contributed by atoms with Crippen molar-refractivity contribution in [2.45, 2.75) is 67.9 Å². The lowest BCUT2D eigenvalue weighted by atomic mass is 9.97. The number of hydrogen-bond acceptors (Lipinski definition) is 5. The Hall–Kier alpha value is -3.35. The van der Waals surface area contributed by atoms with Crippen molar-refractivity contribution in [3.8, 4) is 5.75 Å². The van der Waals surface area contributed by atoms with E-state index < -0.39 is 0 Å². The Bertz CT molecular complexity index is 1270. The Morgan fingerprint density at radius 2 is 1.94 bits per heavy atom. The van der Waals surface area contributed by atoms with Crippen molar-refractivity contribution in [1.82, 2.24) is 19.6 Å². The molecule has 2 atom stereocenters. The average molecular weight is 478 g/mol. The van der Waals surface area contributed by atoms with Crippen LogP contribution >= 0.6 is 0 Å². The summed E-state index contributed by atoms with van der Waals surface area (Å²) in [7, 11) is 0. The van der Waals surface area contributed by atoms with Crippen molar-refractivity contribution in [1.29, 1.82) is 0 Å². The Balaban J connectivity index is 0.000000815. The molecule has 2 aliphatic carbocycles. The van der Waals surface area contributed by atoms with Gasteiger partial charge in [-0.25, -0.2) is 4.98 Å². The number of H-pyrrole nitrogens is 1. The van der Waals surface area contributed by atoms with Gasteiger partial charge in [-0.15, -0.1) is 0 Å². The smallest absolute Gasteiger partial charge is 0.274 e. The second-order valence-corrected chi connectivity index (χ2v) is 8.59. The van der Waals surface area contributed by atoms with Crippen LogP contribution in [-0.2, 0) is 6.54 Å². The summed E-state index contributed by atoms with van der Waals surface area (Å²) >= 11 is 0. The number of hydrogen-bond donors (Lipinski definition) is 2. The lowest BCUT2D eigenvalue weighted by Crippen LogP contribution is -2.17. The van der Waals surface area contributed by atoms with E-state index in [0.29, 0.717) is 36.0 Å². The first kappa shape index (κ1) is 26.3. The molecule has 2 unspecified atom stereocenters. The van der Waals surface area contributed by atoms with Crippen LogP contribution in [0.5, 0.6) is 5.75 Å². The number of nitrogens with zero attached hydrogens (tertiary/aromatic N) is 3. The molecule has 188 valence electrons. The van der Waals surface area contributed by atoms with Gasteiger partial charge in [-0.2, -0.15) is 9.50 Å². The molecule has 0 radical (unpaired) electrons. The van der Waals surface area contributed by atoms with E-state index in [4.69, 9.17) is 4.74 Å². The van der Waals surface area contributed by atoms with Gasteiger partial charge in [0.05, 0.1) is 24.5 Å². The quantitative estimate of drug-likeness (QED) is 0.411. The van der Waals surface area contributed by atoms with Gasteiger partial charge in [0.25, 0.3) is 11.3 Å². The summed E-state index contributed by atoms with van der Waals surface area (Å²) in [5, 5.41) is 6.46. The summed E-state index contributed by atoms with van der Waals surface area (Å²) in [6, 6.07) is 9.27. The molecule has 0 aliphatic heterocycles. The number of rotatable bonds is 6. The number of aromatic nitrogens is 4. The molecule has 0 bridgehead atoms. The van der Waals surface area contributed by atoms with Gasteiger partial charge in [-0.1, -0.05) is 64.5 Å². The predicted molar refractivity (Wildman–Crippen MR) is 144 cm³/mol. The van der Waals surface area contributed by atoms with Crippen LogP contribution in [0.3, 0.4) is 0 Å². The summed E-state index contributed by atoms with van der Waals surface area (Å²) in [4.78, 5) is 21.9. The molecule has 1 saturated carbocycles. The molecular formula is C28H39N5O2. The number of allylic oxidation sites excluding steroid dienone is 4. The highest BCUT2D eigenvalue weighted by Gasteiger charge is 2.50. The van der Waals surface area contributed by atoms with E-state index in [9.17, 15) is 4.79 Å². The van der Waals surface area contributed by atoms with Gasteiger partial charge in [-0.3, -0.25) is 9.89 Å². The summed E-state index contributed by atoms with van der Waals surface area (Å²) < 4.78 is 7.07. The molecule has 1 fully saturated rings. The zero-order chi connectivity index (χ0) is 25.6. The minimum atomic E-state index is -0.171. The third kappa shape index (κ3) is 5.50. The number of ether oxygens (including phenoxy) is 1. The van der Waals surface area contributed by atoms with Crippen LogP contribution in [0.15, 0.2) is 52.9 Å². The van der Waals surface area contributed by atoms with Crippen molar-refractivity contribution in [2.24, 2.45) is 11.3 Å². The number of benzene rings is 1. The number of para-hydroxylation sites is 2. The van der Waals surface area contributed by atoms with E-state index in [-0.39, 0.29) is 5.56 Å². The van der Waals surface area contributed by atoms with Crippen LogP contribution in [0, 0.1) is 11.3 Å².